The Kier molecular flexibility index (Phi) is 3.66. The SMILES string of the molecule is Cc1ccc(C(C)(C)C)cc1-c1nc(CC(=O)O)co1. The Hall–Kier alpha value is -2.10. The summed E-state index contributed by atoms with van der Waals surface area (Å²) in [6.45, 7) is 8.43. The highest BCUT2D eigenvalue weighted by Crippen LogP contribution is 2.29. The summed E-state index contributed by atoms with van der Waals surface area (Å²) in [6.07, 6.45) is 1.29. The molecule has 1 aromatic heterocycles. The Morgan fingerprint density at radius 2 is 2.05 bits per heavy atom. The van der Waals surface area contributed by atoms with E-state index in [0.717, 1.165) is 11.1 Å². The summed E-state index contributed by atoms with van der Waals surface area (Å²) in [5.41, 5.74) is 3.64. The zero-order valence-corrected chi connectivity index (χ0v) is 12.2. The van der Waals surface area contributed by atoms with E-state index in [4.69, 9.17) is 9.52 Å². The topological polar surface area (TPSA) is 63.3 Å². The van der Waals surface area contributed by atoms with Crippen molar-refractivity contribution >= 4 is 5.97 Å². The summed E-state index contributed by atoms with van der Waals surface area (Å²) in [5, 5.41) is 8.77. The Labute approximate surface area is 118 Å². The molecule has 0 amide bonds. The predicted molar refractivity (Wildman–Crippen MR) is 76.7 cm³/mol. The molecule has 1 heterocycles. The van der Waals surface area contributed by atoms with Gasteiger partial charge in [-0.05, 0) is 29.5 Å². The fourth-order valence-electron chi connectivity index (χ4n) is 1.99. The van der Waals surface area contributed by atoms with Crippen molar-refractivity contribution in [1.82, 2.24) is 4.98 Å². The highest BCUT2D eigenvalue weighted by atomic mass is 16.4. The van der Waals surface area contributed by atoms with Crippen molar-refractivity contribution in [2.24, 2.45) is 0 Å². The van der Waals surface area contributed by atoms with Gasteiger partial charge in [-0.2, -0.15) is 0 Å². The van der Waals surface area contributed by atoms with E-state index in [2.05, 4.69) is 37.9 Å². The molecule has 0 unspecified atom stereocenters. The van der Waals surface area contributed by atoms with Crippen LogP contribution in [0.2, 0.25) is 0 Å². The van der Waals surface area contributed by atoms with Crippen molar-refractivity contribution in [3.05, 3.63) is 41.3 Å². The summed E-state index contributed by atoms with van der Waals surface area (Å²) >= 11 is 0. The maximum atomic E-state index is 10.7. The average molecular weight is 273 g/mol. The van der Waals surface area contributed by atoms with Gasteiger partial charge in [-0.3, -0.25) is 4.79 Å². The van der Waals surface area contributed by atoms with Crippen LogP contribution in [-0.2, 0) is 16.6 Å². The summed E-state index contributed by atoms with van der Waals surface area (Å²) in [4.78, 5) is 14.9. The van der Waals surface area contributed by atoms with Crippen molar-refractivity contribution in [2.45, 2.75) is 39.5 Å². The van der Waals surface area contributed by atoms with Crippen LogP contribution in [0.1, 0.15) is 37.6 Å². The van der Waals surface area contributed by atoms with Crippen LogP contribution in [0.15, 0.2) is 28.9 Å². The molecule has 1 N–H and O–H groups in total. The van der Waals surface area contributed by atoms with Crippen LogP contribution in [0, 0.1) is 6.92 Å². The third-order valence-corrected chi connectivity index (χ3v) is 3.22. The average Bonchev–Trinajstić information content (AvgIpc) is 2.75. The van der Waals surface area contributed by atoms with Gasteiger partial charge in [-0.15, -0.1) is 0 Å². The molecule has 0 spiro atoms. The number of aliphatic carboxylic acids is 1. The first kappa shape index (κ1) is 14.3. The molecule has 4 nitrogen and oxygen atoms in total. The molecular weight excluding hydrogens is 254 g/mol. The van der Waals surface area contributed by atoms with Gasteiger partial charge in [0.05, 0.1) is 12.1 Å². The maximum absolute atomic E-state index is 10.7. The minimum absolute atomic E-state index is 0.0406. The minimum atomic E-state index is -0.912. The molecular formula is C16H19NO3. The number of carbonyl (C=O) groups is 1. The van der Waals surface area contributed by atoms with E-state index in [1.165, 1.54) is 11.8 Å². The van der Waals surface area contributed by atoms with E-state index in [9.17, 15) is 4.79 Å². The summed E-state index contributed by atoms with van der Waals surface area (Å²) < 4.78 is 5.43. The highest BCUT2D eigenvalue weighted by molar-refractivity contribution is 5.70. The Bertz CT molecular complexity index is 635. The first-order chi connectivity index (χ1) is 9.27. The number of rotatable bonds is 3. The largest absolute Gasteiger partial charge is 0.481 e. The number of aromatic nitrogens is 1. The fourth-order valence-corrected chi connectivity index (χ4v) is 1.99. The second-order valence-electron chi connectivity index (χ2n) is 5.99. The lowest BCUT2D eigenvalue weighted by molar-refractivity contribution is -0.136. The Morgan fingerprint density at radius 1 is 1.35 bits per heavy atom. The standard InChI is InChI=1S/C16H19NO3/c1-10-5-6-11(16(2,3)4)7-13(10)15-17-12(9-20-15)8-14(18)19/h5-7,9H,8H2,1-4H3,(H,18,19). The van der Waals surface area contributed by atoms with Gasteiger partial charge in [-0.1, -0.05) is 32.9 Å². The molecule has 0 aliphatic carbocycles. The van der Waals surface area contributed by atoms with Crippen molar-refractivity contribution < 1.29 is 14.3 Å². The molecule has 20 heavy (non-hydrogen) atoms. The molecule has 2 aromatic rings. The van der Waals surface area contributed by atoms with Crippen molar-refractivity contribution in [3.8, 4) is 11.5 Å². The lowest BCUT2D eigenvalue weighted by Gasteiger charge is -2.20. The third kappa shape index (κ3) is 3.07. The number of carboxylic acids is 1. The second-order valence-corrected chi connectivity index (χ2v) is 5.99. The number of hydrogen-bond acceptors (Lipinski definition) is 3. The number of benzene rings is 1. The van der Waals surface area contributed by atoms with Crippen molar-refractivity contribution in [2.75, 3.05) is 0 Å². The summed E-state index contributed by atoms with van der Waals surface area (Å²) in [6, 6.07) is 6.20. The number of aryl methyl sites for hydroxylation is 1. The van der Waals surface area contributed by atoms with E-state index < -0.39 is 5.97 Å². The summed E-state index contributed by atoms with van der Waals surface area (Å²) in [5.74, 6) is -0.435. The van der Waals surface area contributed by atoms with Crippen LogP contribution in [0.25, 0.3) is 11.5 Å². The quantitative estimate of drug-likeness (QED) is 0.928. The zero-order chi connectivity index (χ0) is 14.9. The fraction of sp³-hybridized carbons (Fsp3) is 0.375. The smallest absolute Gasteiger partial charge is 0.309 e. The van der Waals surface area contributed by atoms with Gasteiger partial charge in [-0.25, -0.2) is 4.98 Å². The highest BCUT2D eigenvalue weighted by Gasteiger charge is 2.17. The van der Waals surface area contributed by atoms with Gasteiger partial charge in [0, 0.05) is 5.56 Å². The molecule has 0 aliphatic rings. The lowest BCUT2D eigenvalue weighted by Crippen LogP contribution is -2.11. The van der Waals surface area contributed by atoms with Gasteiger partial charge in [0.25, 0.3) is 0 Å². The van der Waals surface area contributed by atoms with Gasteiger partial charge in [0.15, 0.2) is 0 Å². The van der Waals surface area contributed by atoms with Crippen LogP contribution in [0.3, 0.4) is 0 Å². The first-order valence-electron chi connectivity index (χ1n) is 6.55. The number of carboxylic acid groups (broad SMARTS) is 1. The Balaban J connectivity index is 2.41. The van der Waals surface area contributed by atoms with E-state index in [-0.39, 0.29) is 11.8 Å². The molecule has 0 radical (unpaired) electrons. The van der Waals surface area contributed by atoms with E-state index in [0.29, 0.717) is 11.6 Å². The molecule has 0 aliphatic heterocycles. The normalized spacial score (nSPS) is 11.6. The van der Waals surface area contributed by atoms with Gasteiger partial charge >= 0.3 is 5.97 Å². The molecule has 0 saturated heterocycles. The van der Waals surface area contributed by atoms with Crippen LogP contribution < -0.4 is 0 Å². The predicted octanol–water partition coefficient (Wildman–Crippen LogP) is 3.57. The second kappa shape index (κ2) is 5.12. The van der Waals surface area contributed by atoms with Crippen LogP contribution >= 0.6 is 0 Å². The van der Waals surface area contributed by atoms with Gasteiger partial charge < -0.3 is 9.52 Å². The molecule has 2 rings (SSSR count). The number of nitrogens with zero attached hydrogens (tertiary/aromatic N) is 1. The first-order valence-corrected chi connectivity index (χ1v) is 6.55. The van der Waals surface area contributed by atoms with E-state index in [1.807, 2.05) is 13.0 Å². The molecule has 0 bridgehead atoms. The number of hydrogen-bond donors (Lipinski definition) is 1. The van der Waals surface area contributed by atoms with Crippen LogP contribution in [0.5, 0.6) is 0 Å². The number of oxazole rings is 1. The molecule has 0 saturated carbocycles. The molecule has 106 valence electrons. The van der Waals surface area contributed by atoms with Gasteiger partial charge in [0.1, 0.15) is 6.26 Å². The van der Waals surface area contributed by atoms with Crippen LogP contribution in [0.4, 0.5) is 0 Å². The van der Waals surface area contributed by atoms with Gasteiger partial charge in [0.2, 0.25) is 5.89 Å². The maximum Gasteiger partial charge on any atom is 0.309 e. The van der Waals surface area contributed by atoms with E-state index in [1.54, 1.807) is 0 Å². The monoisotopic (exact) mass is 273 g/mol. The Morgan fingerprint density at radius 3 is 2.65 bits per heavy atom. The third-order valence-electron chi connectivity index (χ3n) is 3.22. The van der Waals surface area contributed by atoms with E-state index >= 15 is 0 Å². The minimum Gasteiger partial charge on any atom is -0.481 e. The van der Waals surface area contributed by atoms with Crippen LogP contribution in [-0.4, -0.2) is 16.1 Å². The molecule has 0 fully saturated rings. The van der Waals surface area contributed by atoms with Crippen molar-refractivity contribution in [1.29, 1.82) is 0 Å². The zero-order valence-electron chi connectivity index (χ0n) is 12.2. The summed E-state index contributed by atoms with van der Waals surface area (Å²) in [7, 11) is 0. The lowest BCUT2D eigenvalue weighted by atomic mass is 9.85. The van der Waals surface area contributed by atoms with Crippen molar-refractivity contribution in [3.63, 3.8) is 0 Å². The molecule has 0 atom stereocenters. The molecule has 1 aromatic carbocycles. The molecule has 4 heteroatoms.